The van der Waals surface area contributed by atoms with Gasteiger partial charge in [-0.2, -0.15) is 9.97 Å². The van der Waals surface area contributed by atoms with Gasteiger partial charge in [-0.25, -0.2) is 4.98 Å². The van der Waals surface area contributed by atoms with E-state index in [1.807, 2.05) is 47.7 Å². The quantitative estimate of drug-likeness (QED) is 0.165. The van der Waals surface area contributed by atoms with Crippen molar-refractivity contribution in [2.45, 2.75) is 0 Å². The summed E-state index contributed by atoms with van der Waals surface area (Å²) in [5.41, 5.74) is 9.11. The average Bonchev–Trinajstić information content (AvgIpc) is 4.19. The Bertz CT molecular complexity index is 4790. The van der Waals surface area contributed by atoms with E-state index in [4.69, 9.17) is 23.8 Å². The van der Waals surface area contributed by atoms with Crippen molar-refractivity contribution in [3.8, 4) is 39.9 Å². The number of hydrogen-bond donors (Lipinski definition) is 0. The van der Waals surface area contributed by atoms with Crippen LogP contribution in [0.2, 0.25) is 0 Å². The molecule has 0 amide bonds. The van der Waals surface area contributed by atoms with Crippen molar-refractivity contribution in [1.82, 2.24) is 19.5 Å². The molecule has 0 spiro atoms. The Hall–Kier alpha value is -9.17. The van der Waals surface area contributed by atoms with Crippen LogP contribution in [0, 0.1) is 0 Å². The molecule has 0 bridgehead atoms. The topological polar surface area (TPSA) is 69.9 Å². The van der Waals surface area contributed by atoms with Gasteiger partial charge in [0, 0.05) is 74.6 Å². The minimum atomic E-state index is 0.510. The van der Waals surface area contributed by atoms with E-state index in [2.05, 4.69) is 174 Å². The van der Waals surface area contributed by atoms with Crippen molar-refractivity contribution in [2.75, 3.05) is 0 Å². The lowest BCUT2D eigenvalue weighted by atomic mass is 9.95. The van der Waals surface area contributed by atoms with Crippen molar-refractivity contribution in [3.63, 3.8) is 0 Å². The summed E-state index contributed by atoms with van der Waals surface area (Å²) in [6.07, 6.45) is 0. The molecule has 70 heavy (non-hydrogen) atoms. The van der Waals surface area contributed by atoms with Gasteiger partial charge in [0.2, 0.25) is 5.95 Å². The third-order valence-corrected chi connectivity index (χ3v) is 15.6. The van der Waals surface area contributed by atoms with Gasteiger partial charge in [-0.1, -0.05) is 152 Å². The SMILES string of the molecule is c1ccc2c(c1)ccc1sc3ccc(-c4cccc5c6c7ccccc7c7ccccc7c6n(-c6nc(-c7ccc8c(c7)oc7ccccc78)nc(-c7ccc8c(c7)oc7ccccc78)n6)c45)cc3c12. The molecule has 0 radical (unpaired) electrons. The standard InChI is InChI=1S/C63H34N4O2S/c1-2-13-39-35(12-1)26-31-56-57(39)50-32-36(27-30-55(50)70-56)40-20-11-21-49-58-47-18-5-3-14-41(47)42-15-4-6-19-48(42)60(58)67(59(40)49)63-65-61(37-24-28-45-43-16-7-9-22-51(43)68-53(45)33-37)64-62(66-63)38-25-29-46-44-17-8-10-23-52(44)69-54(46)34-38/h1-34H. The lowest BCUT2D eigenvalue weighted by Crippen LogP contribution is -2.07. The van der Waals surface area contributed by atoms with Crippen molar-refractivity contribution in [1.29, 1.82) is 0 Å². The number of thiophene rings is 1. The zero-order valence-corrected chi connectivity index (χ0v) is 38.0. The van der Waals surface area contributed by atoms with Gasteiger partial charge >= 0.3 is 0 Å². The molecule has 11 aromatic carbocycles. The molecule has 0 aliphatic rings. The van der Waals surface area contributed by atoms with Crippen LogP contribution in [-0.2, 0) is 0 Å². The molecule has 6 nitrogen and oxygen atoms in total. The Morgan fingerprint density at radius 2 is 0.871 bits per heavy atom. The van der Waals surface area contributed by atoms with Crippen molar-refractivity contribution >= 4 is 130 Å². The Morgan fingerprint density at radius 3 is 1.57 bits per heavy atom. The third kappa shape index (κ3) is 5.35. The van der Waals surface area contributed by atoms with Crippen LogP contribution in [0.3, 0.4) is 0 Å². The van der Waals surface area contributed by atoms with Crippen LogP contribution in [0.5, 0.6) is 0 Å². The van der Waals surface area contributed by atoms with Gasteiger partial charge in [0.05, 0.1) is 11.0 Å². The molecule has 0 aliphatic carbocycles. The minimum absolute atomic E-state index is 0.510. The molecule has 7 heteroatoms. The summed E-state index contributed by atoms with van der Waals surface area (Å²) in [5, 5.41) is 16.2. The maximum atomic E-state index is 6.47. The van der Waals surface area contributed by atoms with Gasteiger partial charge in [-0.05, 0) is 87.1 Å². The van der Waals surface area contributed by atoms with E-state index in [0.717, 1.165) is 98.7 Å². The summed E-state index contributed by atoms with van der Waals surface area (Å²) in [4.78, 5) is 16.4. The van der Waals surface area contributed by atoms with Gasteiger partial charge in [-0.15, -0.1) is 11.3 Å². The first-order chi connectivity index (χ1) is 34.7. The van der Waals surface area contributed by atoms with E-state index in [-0.39, 0.29) is 0 Å². The van der Waals surface area contributed by atoms with Crippen molar-refractivity contribution in [3.05, 3.63) is 206 Å². The second-order valence-electron chi connectivity index (χ2n) is 18.2. The van der Waals surface area contributed by atoms with Crippen LogP contribution in [-0.4, -0.2) is 19.5 Å². The Labute approximate surface area is 401 Å². The molecular weight excluding hydrogens is 877 g/mol. The number of furan rings is 2. The first-order valence-electron chi connectivity index (χ1n) is 23.5. The summed E-state index contributed by atoms with van der Waals surface area (Å²) in [5.74, 6) is 1.57. The van der Waals surface area contributed by atoms with Gasteiger partial charge in [0.25, 0.3) is 0 Å². The van der Waals surface area contributed by atoms with Gasteiger partial charge in [0.1, 0.15) is 22.3 Å². The molecule has 0 aliphatic heterocycles. The highest BCUT2D eigenvalue weighted by Gasteiger charge is 2.25. The molecule has 324 valence electrons. The first kappa shape index (κ1) is 37.9. The molecule has 5 heterocycles. The number of fused-ring (bicyclic) bond motifs is 19. The number of rotatable bonds is 4. The van der Waals surface area contributed by atoms with Gasteiger partial charge < -0.3 is 8.83 Å². The molecule has 0 atom stereocenters. The van der Waals surface area contributed by atoms with Crippen LogP contribution in [0.15, 0.2) is 215 Å². The second kappa shape index (κ2) is 14.2. The molecular formula is C63H34N4O2S. The predicted octanol–water partition coefficient (Wildman–Crippen LogP) is 17.6. The number of benzene rings is 11. The normalized spacial score (nSPS) is 12.3. The molecule has 0 saturated carbocycles. The lowest BCUT2D eigenvalue weighted by molar-refractivity contribution is 0.668. The molecule has 0 N–H and O–H groups in total. The highest BCUT2D eigenvalue weighted by Crippen LogP contribution is 2.47. The molecule has 16 aromatic rings. The van der Waals surface area contributed by atoms with Gasteiger partial charge in [-0.3, -0.25) is 4.57 Å². The van der Waals surface area contributed by atoms with Crippen LogP contribution in [0.25, 0.3) is 158 Å². The summed E-state index contributed by atoms with van der Waals surface area (Å²) >= 11 is 1.85. The van der Waals surface area contributed by atoms with E-state index >= 15 is 0 Å². The van der Waals surface area contributed by atoms with Crippen LogP contribution in [0.1, 0.15) is 0 Å². The van der Waals surface area contributed by atoms with E-state index in [0.29, 0.717) is 17.6 Å². The summed E-state index contributed by atoms with van der Waals surface area (Å²) in [7, 11) is 0. The minimum Gasteiger partial charge on any atom is -0.456 e. The second-order valence-corrected chi connectivity index (χ2v) is 19.3. The number of para-hydroxylation sites is 3. The molecule has 16 rings (SSSR count). The largest absolute Gasteiger partial charge is 0.456 e. The fourth-order valence-corrected chi connectivity index (χ4v) is 12.4. The Balaban J connectivity index is 1.04. The summed E-state index contributed by atoms with van der Waals surface area (Å²) < 4.78 is 17.8. The fourth-order valence-electron chi connectivity index (χ4n) is 11.3. The Morgan fingerprint density at radius 1 is 0.329 bits per heavy atom. The third-order valence-electron chi connectivity index (χ3n) is 14.4. The zero-order chi connectivity index (χ0) is 45.6. The van der Waals surface area contributed by atoms with E-state index < -0.39 is 0 Å². The van der Waals surface area contributed by atoms with Crippen LogP contribution >= 0.6 is 11.3 Å². The predicted molar refractivity (Wildman–Crippen MR) is 290 cm³/mol. The van der Waals surface area contributed by atoms with Crippen LogP contribution in [0.4, 0.5) is 0 Å². The number of hydrogen-bond acceptors (Lipinski definition) is 6. The average molecular weight is 911 g/mol. The van der Waals surface area contributed by atoms with E-state index in [1.54, 1.807) is 0 Å². The number of aromatic nitrogens is 4. The van der Waals surface area contributed by atoms with E-state index in [9.17, 15) is 0 Å². The maximum Gasteiger partial charge on any atom is 0.238 e. The highest BCUT2D eigenvalue weighted by molar-refractivity contribution is 7.26. The van der Waals surface area contributed by atoms with Gasteiger partial charge in [0.15, 0.2) is 11.6 Å². The summed E-state index contributed by atoms with van der Waals surface area (Å²) in [6, 6.07) is 73.3. The zero-order valence-electron chi connectivity index (χ0n) is 37.1. The van der Waals surface area contributed by atoms with Crippen LogP contribution < -0.4 is 0 Å². The van der Waals surface area contributed by atoms with Crippen molar-refractivity contribution in [2.24, 2.45) is 0 Å². The monoisotopic (exact) mass is 910 g/mol. The molecule has 0 unspecified atom stereocenters. The molecule has 0 saturated heterocycles. The maximum absolute atomic E-state index is 6.47. The first-order valence-corrected chi connectivity index (χ1v) is 24.3. The smallest absolute Gasteiger partial charge is 0.238 e. The molecule has 5 aromatic heterocycles. The fraction of sp³-hybridized carbons (Fsp3) is 0. The molecule has 0 fully saturated rings. The van der Waals surface area contributed by atoms with E-state index in [1.165, 1.54) is 41.7 Å². The highest BCUT2D eigenvalue weighted by atomic mass is 32.1. The summed E-state index contributed by atoms with van der Waals surface area (Å²) in [6.45, 7) is 0. The lowest BCUT2D eigenvalue weighted by Gasteiger charge is -2.14. The Kier molecular flexibility index (Phi) is 7.67. The van der Waals surface area contributed by atoms with Crippen molar-refractivity contribution < 1.29 is 8.83 Å². The number of nitrogens with zero attached hydrogens (tertiary/aromatic N) is 4.